The molecular formula is C27H20F4N4O2. The molecule has 0 bridgehead atoms. The first-order chi connectivity index (χ1) is 17.7. The Morgan fingerprint density at radius 1 is 0.838 bits per heavy atom. The standard InChI is InChI=1S/C27H20F4N4O2/c28-21-9-11-22(12-10-21)35-24-23(25(36)34(26(35)37)14-13-18-5-2-1-3-6-18)33(17-32-24)16-19-7-4-8-20(15-19)27(29,30)31/h1-12,15,17H,13-14,16H2. The van der Waals surface area contributed by atoms with Gasteiger partial charge < -0.3 is 4.57 Å². The average Bonchev–Trinajstić information content (AvgIpc) is 3.28. The lowest BCUT2D eigenvalue weighted by molar-refractivity contribution is -0.137. The highest BCUT2D eigenvalue weighted by Gasteiger charge is 2.30. The molecule has 0 N–H and O–H groups in total. The van der Waals surface area contributed by atoms with Crippen LogP contribution in [0, 0.1) is 5.82 Å². The summed E-state index contributed by atoms with van der Waals surface area (Å²) >= 11 is 0. The highest BCUT2D eigenvalue weighted by atomic mass is 19.4. The normalized spacial score (nSPS) is 11.8. The smallest absolute Gasteiger partial charge is 0.320 e. The van der Waals surface area contributed by atoms with Crippen LogP contribution in [0.5, 0.6) is 0 Å². The molecule has 5 aromatic rings. The van der Waals surface area contributed by atoms with E-state index in [2.05, 4.69) is 4.98 Å². The van der Waals surface area contributed by atoms with Crippen molar-refractivity contribution in [2.45, 2.75) is 25.7 Å². The van der Waals surface area contributed by atoms with Crippen LogP contribution in [0.25, 0.3) is 16.9 Å². The van der Waals surface area contributed by atoms with Crippen molar-refractivity contribution >= 4 is 11.2 Å². The van der Waals surface area contributed by atoms with Gasteiger partial charge in [-0.15, -0.1) is 0 Å². The van der Waals surface area contributed by atoms with Crippen LogP contribution in [-0.4, -0.2) is 18.7 Å². The molecule has 0 saturated heterocycles. The topological polar surface area (TPSA) is 61.8 Å². The van der Waals surface area contributed by atoms with Crippen molar-refractivity contribution in [1.29, 1.82) is 0 Å². The van der Waals surface area contributed by atoms with Gasteiger partial charge >= 0.3 is 11.9 Å². The summed E-state index contributed by atoms with van der Waals surface area (Å²) in [6.07, 6.45) is -2.81. The molecule has 0 amide bonds. The molecule has 0 spiro atoms. The number of imidazole rings is 1. The maximum atomic E-state index is 13.6. The fourth-order valence-electron chi connectivity index (χ4n) is 4.25. The van der Waals surface area contributed by atoms with Crippen molar-refractivity contribution in [3.05, 3.63) is 129 Å². The molecule has 0 atom stereocenters. The Kier molecular flexibility index (Phi) is 6.24. The zero-order valence-electron chi connectivity index (χ0n) is 19.3. The minimum atomic E-state index is -4.51. The van der Waals surface area contributed by atoms with Crippen LogP contribution in [0.4, 0.5) is 17.6 Å². The monoisotopic (exact) mass is 508 g/mol. The number of fused-ring (bicyclic) bond motifs is 1. The van der Waals surface area contributed by atoms with Gasteiger partial charge in [-0.25, -0.2) is 18.7 Å². The molecule has 0 fully saturated rings. The maximum absolute atomic E-state index is 13.6. The third-order valence-electron chi connectivity index (χ3n) is 6.06. The first-order valence-corrected chi connectivity index (χ1v) is 11.4. The van der Waals surface area contributed by atoms with E-state index in [-0.39, 0.29) is 24.3 Å². The van der Waals surface area contributed by atoms with E-state index >= 15 is 0 Å². The molecule has 2 aromatic heterocycles. The molecule has 3 aromatic carbocycles. The average molecular weight is 508 g/mol. The van der Waals surface area contributed by atoms with Crippen molar-refractivity contribution in [3.8, 4) is 5.69 Å². The highest BCUT2D eigenvalue weighted by Crippen LogP contribution is 2.29. The van der Waals surface area contributed by atoms with Gasteiger partial charge in [0.05, 0.1) is 17.6 Å². The number of hydrogen-bond donors (Lipinski definition) is 0. The summed E-state index contributed by atoms with van der Waals surface area (Å²) in [6, 6.07) is 19.3. The summed E-state index contributed by atoms with van der Waals surface area (Å²) in [6.45, 7) is -0.0104. The van der Waals surface area contributed by atoms with Gasteiger partial charge in [-0.05, 0) is 53.9 Å². The number of hydrogen-bond acceptors (Lipinski definition) is 3. The fraction of sp³-hybridized carbons (Fsp3) is 0.148. The van der Waals surface area contributed by atoms with Crippen molar-refractivity contribution in [1.82, 2.24) is 18.7 Å². The van der Waals surface area contributed by atoms with E-state index < -0.39 is 28.8 Å². The largest absolute Gasteiger partial charge is 0.416 e. The van der Waals surface area contributed by atoms with E-state index in [4.69, 9.17) is 0 Å². The second-order valence-corrected chi connectivity index (χ2v) is 8.53. The van der Waals surface area contributed by atoms with Crippen molar-refractivity contribution in [2.75, 3.05) is 0 Å². The molecule has 10 heteroatoms. The number of nitrogens with zero attached hydrogens (tertiary/aromatic N) is 4. The molecule has 5 rings (SSSR count). The summed E-state index contributed by atoms with van der Waals surface area (Å²) < 4.78 is 56.9. The SMILES string of the molecule is O=c1c2c(ncn2Cc2cccc(C(F)(F)F)c2)n(-c2ccc(F)cc2)c(=O)n1CCc1ccccc1. The van der Waals surface area contributed by atoms with Gasteiger partial charge in [0.2, 0.25) is 0 Å². The van der Waals surface area contributed by atoms with Crippen LogP contribution in [-0.2, 0) is 25.7 Å². The van der Waals surface area contributed by atoms with E-state index in [9.17, 15) is 27.2 Å². The molecule has 2 heterocycles. The summed E-state index contributed by atoms with van der Waals surface area (Å²) in [5.74, 6) is -0.500. The third-order valence-corrected chi connectivity index (χ3v) is 6.06. The Hall–Kier alpha value is -4.47. The molecule has 0 aliphatic heterocycles. The Labute approximate surface area is 207 Å². The fourth-order valence-corrected chi connectivity index (χ4v) is 4.25. The van der Waals surface area contributed by atoms with Crippen LogP contribution >= 0.6 is 0 Å². The Morgan fingerprint density at radius 3 is 2.24 bits per heavy atom. The number of rotatable bonds is 6. The Morgan fingerprint density at radius 2 is 1.54 bits per heavy atom. The van der Waals surface area contributed by atoms with Gasteiger partial charge in [0.1, 0.15) is 5.82 Å². The zero-order chi connectivity index (χ0) is 26.2. The van der Waals surface area contributed by atoms with Gasteiger partial charge in [-0.3, -0.25) is 9.36 Å². The number of alkyl halides is 3. The maximum Gasteiger partial charge on any atom is 0.416 e. The van der Waals surface area contributed by atoms with Crippen LogP contribution in [0.15, 0.2) is 94.8 Å². The van der Waals surface area contributed by atoms with E-state index in [1.807, 2.05) is 30.3 Å². The lowest BCUT2D eigenvalue weighted by Crippen LogP contribution is -2.40. The summed E-state index contributed by atoms with van der Waals surface area (Å²) in [5.41, 5.74) is -0.460. The van der Waals surface area contributed by atoms with Crippen LogP contribution in [0.3, 0.4) is 0 Å². The third kappa shape index (κ3) is 4.82. The quantitative estimate of drug-likeness (QED) is 0.310. The zero-order valence-corrected chi connectivity index (χ0v) is 19.3. The number of aryl methyl sites for hydroxylation is 1. The van der Waals surface area contributed by atoms with Crippen LogP contribution in [0.2, 0.25) is 0 Å². The second kappa shape index (κ2) is 9.53. The molecule has 188 valence electrons. The summed E-state index contributed by atoms with van der Waals surface area (Å²) in [7, 11) is 0. The molecule has 0 unspecified atom stereocenters. The van der Waals surface area contributed by atoms with E-state index in [0.717, 1.165) is 22.3 Å². The summed E-state index contributed by atoms with van der Waals surface area (Å²) in [4.78, 5) is 31.3. The molecule has 37 heavy (non-hydrogen) atoms. The predicted octanol–water partition coefficient (Wildman–Crippen LogP) is 4.80. The van der Waals surface area contributed by atoms with Gasteiger partial charge in [-0.2, -0.15) is 13.2 Å². The molecule has 0 saturated carbocycles. The predicted molar refractivity (Wildman–Crippen MR) is 130 cm³/mol. The molecular weight excluding hydrogens is 488 g/mol. The van der Waals surface area contributed by atoms with Crippen LogP contribution < -0.4 is 11.2 Å². The van der Waals surface area contributed by atoms with Crippen molar-refractivity contribution < 1.29 is 17.6 Å². The number of benzene rings is 3. The Balaban J connectivity index is 1.66. The van der Waals surface area contributed by atoms with E-state index in [0.29, 0.717) is 17.7 Å². The first-order valence-electron chi connectivity index (χ1n) is 11.4. The van der Waals surface area contributed by atoms with Crippen molar-refractivity contribution in [2.24, 2.45) is 0 Å². The number of aromatic nitrogens is 4. The molecule has 0 radical (unpaired) electrons. The highest BCUT2D eigenvalue weighted by molar-refractivity contribution is 5.72. The van der Waals surface area contributed by atoms with Gasteiger partial charge in [-0.1, -0.05) is 42.5 Å². The van der Waals surface area contributed by atoms with Crippen LogP contribution in [0.1, 0.15) is 16.7 Å². The minimum Gasteiger partial charge on any atom is -0.320 e. The molecule has 6 nitrogen and oxygen atoms in total. The second-order valence-electron chi connectivity index (χ2n) is 8.53. The lowest BCUT2D eigenvalue weighted by Gasteiger charge is -2.13. The van der Waals surface area contributed by atoms with E-state index in [1.165, 1.54) is 51.9 Å². The minimum absolute atomic E-state index is 0.0320. The number of halogens is 4. The van der Waals surface area contributed by atoms with Crippen molar-refractivity contribution in [3.63, 3.8) is 0 Å². The Bertz CT molecular complexity index is 1680. The molecule has 0 aliphatic rings. The van der Waals surface area contributed by atoms with Gasteiger partial charge in [0.15, 0.2) is 11.2 Å². The molecule has 0 aliphatic carbocycles. The summed E-state index contributed by atoms with van der Waals surface area (Å²) in [5, 5.41) is 0. The van der Waals surface area contributed by atoms with Gasteiger partial charge in [0, 0.05) is 13.1 Å². The first kappa shape index (κ1) is 24.2. The van der Waals surface area contributed by atoms with Gasteiger partial charge in [0.25, 0.3) is 5.56 Å². The van der Waals surface area contributed by atoms with E-state index in [1.54, 1.807) is 0 Å². The lowest BCUT2D eigenvalue weighted by atomic mass is 10.1.